The summed E-state index contributed by atoms with van der Waals surface area (Å²) in [5, 5.41) is 0.683. The van der Waals surface area contributed by atoms with Gasteiger partial charge in [-0.15, -0.1) is 0 Å². The van der Waals surface area contributed by atoms with E-state index < -0.39 is 0 Å². The van der Waals surface area contributed by atoms with Gasteiger partial charge in [0.15, 0.2) is 5.17 Å². The molecule has 4 aromatic rings. The standard InChI is InChI=1S/C37H35N3O2S/c1-5-39-32-22-17-27(26-13-9-7-10-14-26)25-31(32)37(3,4)34(39)24-23-33-35(41)40(6-2)36(43-33)38-28-18-20-30(21-19-28)42-29-15-11-8-12-16-29/h7-25H,5-6H2,1-4H3. The molecule has 1 saturated heterocycles. The van der Waals surface area contributed by atoms with E-state index in [2.05, 4.69) is 74.2 Å². The number of likely N-dealkylation sites (N-methyl/N-ethyl adjacent to an activating group) is 2. The van der Waals surface area contributed by atoms with Gasteiger partial charge in [0.25, 0.3) is 5.91 Å². The number of amides is 1. The molecule has 2 aliphatic heterocycles. The second kappa shape index (κ2) is 12.0. The first-order valence-corrected chi connectivity index (χ1v) is 15.5. The minimum atomic E-state index is -0.218. The molecule has 0 bridgehead atoms. The predicted molar refractivity (Wildman–Crippen MR) is 179 cm³/mol. The Bertz CT molecular complexity index is 1730. The fraction of sp³-hybridized carbons (Fsp3) is 0.189. The van der Waals surface area contributed by atoms with Crippen LogP contribution in [0.25, 0.3) is 11.1 Å². The Kier molecular flexibility index (Phi) is 7.96. The molecule has 1 fully saturated rings. The van der Waals surface area contributed by atoms with Gasteiger partial charge < -0.3 is 9.64 Å². The van der Waals surface area contributed by atoms with Crippen molar-refractivity contribution in [2.24, 2.45) is 4.99 Å². The summed E-state index contributed by atoms with van der Waals surface area (Å²) in [4.78, 5) is 23.0. The maximum Gasteiger partial charge on any atom is 0.266 e. The Morgan fingerprint density at radius 2 is 1.42 bits per heavy atom. The van der Waals surface area contributed by atoms with Crippen LogP contribution >= 0.6 is 11.8 Å². The Morgan fingerprint density at radius 3 is 2.09 bits per heavy atom. The number of hydrogen-bond donors (Lipinski definition) is 0. The van der Waals surface area contributed by atoms with E-state index in [0.717, 1.165) is 23.7 Å². The zero-order chi connectivity index (χ0) is 30.0. The maximum absolute atomic E-state index is 13.4. The van der Waals surface area contributed by atoms with Crippen molar-refractivity contribution in [3.05, 3.63) is 131 Å². The number of rotatable bonds is 7. The van der Waals surface area contributed by atoms with Gasteiger partial charge in [-0.2, -0.15) is 0 Å². The highest BCUT2D eigenvalue weighted by Gasteiger charge is 2.40. The van der Waals surface area contributed by atoms with Gasteiger partial charge in [0, 0.05) is 29.9 Å². The van der Waals surface area contributed by atoms with Crippen molar-refractivity contribution in [3.63, 3.8) is 0 Å². The lowest BCUT2D eigenvalue weighted by atomic mass is 9.82. The molecule has 0 aromatic heterocycles. The number of carbonyl (C=O) groups is 1. The monoisotopic (exact) mass is 585 g/mol. The van der Waals surface area contributed by atoms with E-state index in [9.17, 15) is 4.79 Å². The van der Waals surface area contributed by atoms with Crippen LogP contribution in [-0.4, -0.2) is 29.1 Å². The molecule has 6 rings (SSSR count). The molecule has 6 heteroatoms. The number of ether oxygens (including phenoxy) is 1. The summed E-state index contributed by atoms with van der Waals surface area (Å²) in [5.41, 5.74) is 6.67. The number of carbonyl (C=O) groups excluding carboxylic acids is 1. The van der Waals surface area contributed by atoms with Crippen LogP contribution in [0.3, 0.4) is 0 Å². The molecule has 0 aliphatic carbocycles. The van der Waals surface area contributed by atoms with Crippen LogP contribution in [0, 0.1) is 0 Å². The number of anilines is 1. The molecule has 1 amide bonds. The van der Waals surface area contributed by atoms with Crippen molar-refractivity contribution in [3.8, 4) is 22.6 Å². The third kappa shape index (κ3) is 5.63. The summed E-state index contributed by atoms with van der Waals surface area (Å²) >= 11 is 1.42. The maximum atomic E-state index is 13.4. The van der Waals surface area contributed by atoms with Crippen LogP contribution < -0.4 is 9.64 Å². The summed E-state index contributed by atoms with van der Waals surface area (Å²) in [7, 11) is 0. The summed E-state index contributed by atoms with van der Waals surface area (Å²) < 4.78 is 5.91. The van der Waals surface area contributed by atoms with Gasteiger partial charge >= 0.3 is 0 Å². The second-order valence-electron chi connectivity index (χ2n) is 11.0. The zero-order valence-corrected chi connectivity index (χ0v) is 25.8. The molecule has 0 unspecified atom stereocenters. The molecule has 0 atom stereocenters. The van der Waals surface area contributed by atoms with Crippen LogP contribution in [-0.2, 0) is 10.2 Å². The summed E-state index contributed by atoms with van der Waals surface area (Å²) in [6.07, 6.45) is 4.09. The Hall–Kier alpha value is -4.55. The minimum Gasteiger partial charge on any atom is -0.457 e. The van der Waals surface area contributed by atoms with Crippen molar-refractivity contribution < 1.29 is 9.53 Å². The molecule has 0 radical (unpaired) electrons. The van der Waals surface area contributed by atoms with Crippen LogP contribution in [0.15, 0.2) is 131 Å². The first-order chi connectivity index (χ1) is 20.9. The topological polar surface area (TPSA) is 45.1 Å². The lowest BCUT2D eigenvalue weighted by Gasteiger charge is -2.25. The smallest absolute Gasteiger partial charge is 0.266 e. The van der Waals surface area contributed by atoms with E-state index in [1.165, 1.54) is 39.8 Å². The van der Waals surface area contributed by atoms with Crippen molar-refractivity contribution >= 4 is 34.2 Å². The lowest BCUT2D eigenvalue weighted by Crippen LogP contribution is -2.28. The normalized spacial score (nSPS) is 18.6. The number of nitrogens with zero attached hydrogens (tertiary/aromatic N) is 3. The van der Waals surface area contributed by atoms with Crippen molar-refractivity contribution in [1.29, 1.82) is 0 Å². The molecule has 4 aromatic carbocycles. The number of aliphatic imine (C=N–C) groups is 1. The molecule has 5 nitrogen and oxygen atoms in total. The van der Waals surface area contributed by atoms with E-state index in [4.69, 9.17) is 9.73 Å². The van der Waals surface area contributed by atoms with Gasteiger partial charge in [-0.25, -0.2) is 4.99 Å². The molecule has 0 spiro atoms. The largest absolute Gasteiger partial charge is 0.457 e. The molecule has 0 saturated carbocycles. The van der Waals surface area contributed by atoms with Crippen LogP contribution in [0.1, 0.15) is 33.3 Å². The highest BCUT2D eigenvalue weighted by Crippen LogP contribution is 2.49. The summed E-state index contributed by atoms with van der Waals surface area (Å²) in [5.74, 6) is 1.50. The third-order valence-corrected chi connectivity index (χ3v) is 8.98. The van der Waals surface area contributed by atoms with Gasteiger partial charge in [0.1, 0.15) is 11.5 Å². The minimum absolute atomic E-state index is 0.0186. The van der Waals surface area contributed by atoms with Crippen LogP contribution in [0.2, 0.25) is 0 Å². The molecule has 43 heavy (non-hydrogen) atoms. The van der Waals surface area contributed by atoms with Crippen molar-refractivity contribution in [1.82, 2.24) is 4.90 Å². The molecule has 0 N–H and O–H groups in total. The molecule has 2 aliphatic rings. The molecular formula is C37H35N3O2S. The number of benzene rings is 4. The van der Waals surface area contributed by atoms with Gasteiger partial charge in [0.2, 0.25) is 0 Å². The molecule has 2 heterocycles. The summed E-state index contributed by atoms with van der Waals surface area (Å²) in [6, 6.07) is 34.5. The Labute approximate surface area is 258 Å². The van der Waals surface area contributed by atoms with Crippen molar-refractivity contribution in [2.75, 3.05) is 18.0 Å². The van der Waals surface area contributed by atoms with E-state index in [1.807, 2.05) is 73.7 Å². The predicted octanol–water partition coefficient (Wildman–Crippen LogP) is 9.31. The fourth-order valence-electron chi connectivity index (χ4n) is 5.69. The Balaban J connectivity index is 1.26. The number of para-hydroxylation sites is 1. The molecule has 216 valence electrons. The summed E-state index contributed by atoms with van der Waals surface area (Å²) in [6.45, 7) is 10.1. The van der Waals surface area contributed by atoms with Crippen molar-refractivity contribution in [2.45, 2.75) is 33.1 Å². The van der Waals surface area contributed by atoms with Gasteiger partial charge in [0.05, 0.1) is 10.6 Å². The molecular weight excluding hydrogens is 550 g/mol. The highest BCUT2D eigenvalue weighted by atomic mass is 32.2. The number of thioether (sulfide) groups is 1. The third-order valence-electron chi connectivity index (χ3n) is 7.95. The number of amidine groups is 1. The average molecular weight is 586 g/mol. The average Bonchev–Trinajstić information content (AvgIpc) is 3.45. The zero-order valence-electron chi connectivity index (χ0n) is 25.0. The van der Waals surface area contributed by atoms with Gasteiger partial charge in [-0.1, -0.05) is 68.4 Å². The Morgan fingerprint density at radius 1 is 0.767 bits per heavy atom. The number of hydrogen-bond acceptors (Lipinski definition) is 5. The van der Waals surface area contributed by atoms with Crippen LogP contribution in [0.4, 0.5) is 11.4 Å². The van der Waals surface area contributed by atoms with Gasteiger partial charge in [-0.3, -0.25) is 9.69 Å². The first-order valence-electron chi connectivity index (χ1n) is 14.7. The SMILES string of the molecule is CCN1C(=O)C(=CC=C2N(CC)c3ccc(-c4ccccc4)cc3C2(C)C)SC1=Nc1ccc(Oc2ccccc2)cc1. The first kappa shape index (κ1) is 28.6. The van der Waals surface area contributed by atoms with E-state index in [0.29, 0.717) is 16.6 Å². The van der Waals surface area contributed by atoms with Gasteiger partial charge in [-0.05, 0) is 103 Å². The second-order valence-corrected chi connectivity index (χ2v) is 12.0. The van der Waals surface area contributed by atoms with E-state index in [1.54, 1.807) is 4.90 Å². The quantitative estimate of drug-likeness (QED) is 0.203. The van der Waals surface area contributed by atoms with Crippen LogP contribution in [0.5, 0.6) is 11.5 Å². The fourth-order valence-corrected chi connectivity index (χ4v) is 6.69. The lowest BCUT2D eigenvalue weighted by molar-refractivity contribution is -0.122. The van der Waals surface area contributed by atoms with E-state index in [-0.39, 0.29) is 11.3 Å². The highest BCUT2D eigenvalue weighted by molar-refractivity contribution is 8.18. The number of allylic oxidation sites excluding steroid dienone is 3. The number of fused-ring (bicyclic) bond motifs is 1. The van der Waals surface area contributed by atoms with E-state index >= 15 is 0 Å².